The summed E-state index contributed by atoms with van der Waals surface area (Å²) in [6.45, 7) is 1.85. The van der Waals surface area contributed by atoms with Gasteiger partial charge in [-0.15, -0.1) is 0 Å². The van der Waals surface area contributed by atoms with Gasteiger partial charge in [-0.3, -0.25) is 4.79 Å². The fourth-order valence-corrected chi connectivity index (χ4v) is 1.99. The average molecular weight is 169 g/mol. The highest BCUT2D eigenvalue weighted by molar-refractivity contribution is 5.76. The van der Waals surface area contributed by atoms with Gasteiger partial charge in [-0.2, -0.15) is 0 Å². The molecule has 1 heterocycles. The molecule has 1 amide bonds. The second-order valence-corrected chi connectivity index (χ2v) is 4.04. The molecule has 1 aliphatic heterocycles. The third kappa shape index (κ3) is 1.33. The van der Waals surface area contributed by atoms with Gasteiger partial charge in [0.15, 0.2) is 0 Å². The molecule has 2 rings (SSSR count). The lowest BCUT2D eigenvalue weighted by Gasteiger charge is -2.15. The lowest BCUT2D eigenvalue weighted by molar-refractivity contribution is -0.131. The van der Waals surface area contributed by atoms with E-state index in [1.54, 1.807) is 0 Å². The second kappa shape index (κ2) is 2.73. The van der Waals surface area contributed by atoms with Crippen LogP contribution in [-0.4, -0.2) is 35.6 Å². The number of amides is 1. The largest absolute Gasteiger partial charge is 0.396 e. The first kappa shape index (κ1) is 8.05. The Morgan fingerprint density at radius 1 is 1.42 bits per heavy atom. The summed E-state index contributed by atoms with van der Waals surface area (Å²) in [6.07, 6.45) is 4.09. The zero-order valence-electron chi connectivity index (χ0n) is 7.25. The topological polar surface area (TPSA) is 40.5 Å². The summed E-state index contributed by atoms with van der Waals surface area (Å²) in [5.74, 6) is 0.126. The molecule has 3 nitrogen and oxygen atoms in total. The smallest absolute Gasteiger partial charge is 0.224 e. The van der Waals surface area contributed by atoms with Crippen molar-refractivity contribution in [3.8, 4) is 0 Å². The number of carbonyl (C=O) groups excluding carboxylic acids is 1. The monoisotopic (exact) mass is 169 g/mol. The van der Waals surface area contributed by atoms with E-state index >= 15 is 0 Å². The standard InChI is InChI=1S/C9H15NO2/c11-6-1-8(12)10-5-4-9(7-10)2-3-9/h11H,1-7H2. The number of nitrogens with zero attached hydrogens (tertiary/aromatic N) is 1. The number of likely N-dealkylation sites (tertiary alicyclic amines) is 1. The van der Waals surface area contributed by atoms with Gasteiger partial charge in [-0.1, -0.05) is 0 Å². The zero-order valence-corrected chi connectivity index (χ0v) is 7.25. The van der Waals surface area contributed by atoms with Crippen molar-refractivity contribution in [3.05, 3.63) is 0 Å². The summed E-state index contributed by atoms with van der Waals surface area (Å²) >= 11 is 0. The van der Waals surface area contributed by atoms with Crippen molar-refractivity contribution in [2.24, 2.45) is 5.41 Å². The second-order valence-electron chi connectivity index (χ2n) is 4.04. The average Bonchev–Trinajstić information content (AvgIpc) is 2.62. The molecule has 0 aromatic rings. The summed E-state index contributed by atoms with van der Waals surface area (Å²) in [4.78, 5) is 13.2. The number of hydrogen-bond acceptors (Lipinski definition) is 2. The van der Waals surface area contributed by atoms with Gasteiger partial charge >= 0.3 is 0 Å². The Hall–Kier alpha value is -0.570. The van der Waals surface area contributed by atoms with Crippen LogP contribution >= 0.6 is 0 Å². The van der Waals surface area contributed by atoms with Crippen LogP contribution in [0.1, 0.15) is 25.7 Å². The summed E-state index contributed by atoms with van der Waals surface area (Å²) in [7, 11) is 0. The van der Waals surface area contributed by atoms with Crippen LogP contribution in [0.15, 0.2) is 0 Å². The summed E-state index contributed by atoms with van der Waals surface area (Å²) < 4.78 is 0. The van der Waals surface area contributed by atoms with Gasteiger partial charge in [0, 0.05) is 19.5 Å². The molecule has 0 radical (unpaired) electrons. The molecule has 1 saturated carbocycles. The fraction of sp³-hybridized carbons (Fsp3) is 0.889. The molecule has 3 heteroatoms. The number of carbonyl (C=O) groups is 1. The van der Waals surface area contributed by atoms with Crippen LogP contribution in [0, 0.1) is 5.41 Å². The molecule has 2 fully saturated rings. The maximum absolute atomic E-state index is 11.3. The Morgan fingerprint density at radius 3 is 2.67 bits per heavy atom. The molecule has 1 spiro atoms. The first-order valence-electron chi connectivity index (χ1n) is 4.64. The lowest BCUT2D eigenvalue weighted by atomic mass is 10.1. The van der Waals surface area contributed by atoms with Crippen LogP contribution in [0.4, 0.5) is 0 Å². The highest BCUT2D eigenvalue weighted by Crippen LogP contribution is 2.52. The fourth-order valence-electron chi connectivity index (χ4n) is 1.99. The normalized spacial score (nSPS) is 24.9. The summed E-state index contributed by atoms with van der Waals surface area (Å²) in [6, 6.07) is 0. The van der Waals surface area contributed by atoms with Crippen molar-refractivity contribution in [1.29, 1.82) is 0 Å². The molecular formula is C9H15NO2. The number of hydrogen-bond donors (Lipinski definition) is 1. The molecule has 0 atom stereocenters. The van der Waals surface area contributed by atoms with E-state index in [2.05, 4.69) is 0 Å². The van der Waals surface area contributed by atoms with E-state index in [1.165, 1.54) is 19.3 Å². The van der Waals surface area contributed by atoms with Crippen molar-refractivity contribution in [2.75, 3.05) is 19.7 Å². The Balaban J connectivity index is 1.86. The Labute approximate surface area is 72.4 Å². The predicted octanol–water partition coefficient (Wildman–Crippen LogP) is 0.381. The molecule has 68 valence electrons. The van der Waals surface area contributed by atoms with Crippen molar-refractivity contribution in [1.82, 2.24) is 4.90 Å². The summed E-state index contributed by atoms with van der Waals surface area (Å²) in [5, 5.41) is 8.60. The zero-order chi connectivity index (χ0) is 8.60. The molecule has 2 aliphatic rings. The summed E-state index contributed by atoms with van der Waals surface area (Å²) in [5.41, 5.74) is 0.519. The van der Waals surface area contributed by atoms with Crippen LogP contribution < -0.4 is 0 Å². The van der Waals surface area contributed by atoms with Gasteiger partial charge in [0.25, 0.3) is 0 Å². The van der Waals surface area contributed by atoms with Crippen molar-refractivity contribution >= 4 is 5.91 Å². The van der Waals surface area contributed by atoms with Crippen LogP contribution in [-0.2, 0) is 4.79 Å². The SMILES string of the molecule is O=C(CCO)N1CCC2(CC2)C1. The molecule has 1 saturated heterocycles. The Kier molecular flexibility index (Phi) is 1.83. The van der Waals surface area contributed by atoms with Crippen molar-refractivity contribution in [2.45, 2.75) is 25.7 Å². The van der Waals surface area contributed by atoms with Gasteiger partial charge in [0.1, 0.15) is 0 Å². The van der Waals surface area contributed by atoms with E-state index in [0.29, 0.717) is 11.8 Å². The lowest BCUT2D eigenvalue weighted by Crippen LogP contribution is -2.29. The maximum Gasteiger partial charge on any atom is 0.224 e. The first-order chi connectivity index (χ1) is 5.76. The molecule has 0 aromatic heterocycles. The van der Waals surface area contributed by atoms with E-state index < -0.39 is 0 Å². The van der Waals surface area contributed by atoms with E-state index in [9.17, 15) is 4.79 Å². The minimum absolute atomic E-state index is 0.0116. The van der Waals surface area contributed by atoms with Gasteiger partial charge in [0.2, 0.25) is 5.91 Å². The number of aliphatic hydroxyl groups is 1. The Bertz CT molecular complexity index is 199. The van der Waals surface area contributed by atoms with Crippen LogP contribution in [0.5, 0.6) is 0 Å². The minimum Gasteiger partial charge on any atom is -0.396 e. The first-order valence-corrected chi connectivity index (χ1v) is 4.64. The van der Waals surface area contributed by atoms with E-state index in [0.717, 1.165) is 13.1 Å². The number of aliphatic hydroxyl groups excluding tert-OH is 1. The van der Waals surface area contributed by atoms with Crippen LogP contribution in [0.2, 0.25) is 0 Å². The molecule has 0 bridgehead atoms. The minimum atomic E-state index is -0.0116. The highest BCUT2D eigenvalue weighted by atomic mass is 16.3. The van der Waals surface area contributed by atoms with E-state index in [-0.39, 0.29) is 12.5 Å². The van der Waals surface area contributed by atoms with Gasteiger partial charge in [0.05, 0.1) is 6.61 Å². The third-order valence-corrected chi connectivity index (χ3v) is 3.07. The van der Waals surface area contributed by atoms with E-state index in [1.807, 2.05) is 4.90 Å². The predicted molar refractivity (Wildman–Crippen MR) is 44.6 cm³/mol. The van der Waals surface area contributed by atoms with Gasteiger partial charge in [-0.05, 0) is 24.7 Å². The van der Waals surface area contributed by atoms with Crippen molar-refractivity contribution < 1.29 is 9.90 Å². The van der Waals surface area contributed by atoms with E-state index in [4.69, 9.17) is 5.11 Å². The van der Waals surface area contributed by atoms with Crippen molar-refractivity contribution in [3.63, 3.8) is 0 Å². The number of rotatable bonds is 2. The molecule has 1 aliphatic carbocycles. The van der Waals surface area contributed by atoms with Gasteiger partial charge < -0.3 is 10.0 Å². The third-order valence-electron chi connectivity index (χ3n) is 3.07. The van der Waals surface area contributed by atoms with Gasteiger partial charge in [-0.25, -0.2) is 0 Å². The highest BCUT2D eigenvalue weighted by Gasteiger charge is 2.48. The Morgan fingerprint density at radius 2 is 2.17 bits per heavy atom. The maximum atomic E-state index is 11.3. The molecular weight excluding hydrogens is 154 g/mol. The van der Waals surface area contributed by atoms with Crippen LogP contribution in [0.3, 0.4) is 0 Å². The van der Waals surface area contributed by atoms with Crippen LogP contribution in [0.25, 0.3) is 0 Å². The molecule has 12 heavy (non-hydrogen) atoms. The quantitative estimate of drug-likeness (QED) is 0.649. The molecule has 0 unspecified atom stereocenters. The molecule has 0 aromatic carbocycles. The molecule has 1 N–H and O–H groups in total.